The molecule has 0 spiro atoms. The van der Waals surface area contributed by atoms with E-state index in [-0.39, 0.29) is 18.3 Å². The van der Waals surface area contributed by atoms with E-state index >= 15 is 0 Å². The topological polar surface area (TPSA) is 65.2 Å². The molecule has 5 nitrogen and oxygen atoms in total. The molecule has 0 aliphatic carbocycles. The van der Waals surface area contributed by atoms with Gasteiger partial charge in [-0.25, -0.2) is 0 Å². The predicted molar refractivity (Wildman–Crippen MR) is 109 cm³/mol. The second kappa shape index (κ2) is 8.57. The number of ether oxygens (including phenoxy) is 1. The van der Waals surface area contributed by atoms with Crippen LogP contribution in [0.3, 0.4) is 0 Å². The van der Waals surface area contributed by atoms with Gasteiger partial charge in [0.05, 0.1) is 6.42 Å². The first-order valence-electron chi connectivity index (χ1n) is 9.24. The minimum absolute atomic E-state index is 0.148. The van der Waals surface area contributed by atoms with Gasteiger partial charge in [0.2, 0.25) is 11.7 Å². The Labute approximate surface area is 169 Å². The van der Waals surface area contributed by atoms with Gasteiger partial charge in [-0.1, -0.05) is 60.4 Å². The number of aromatic nitrogens is 2. The fourth-order valence-electron chi connectivity index (χ4n) is 2.77. The van der Waals surface area contributed by atoms with Crippen molar-refractivity contribution >= 4 is 17.6 Å². The largest absolute Gasteiger partial charge is 0.426 e. The van der Waals surface area contributed by atoms with Crippen molar-refractivity contribution < 1.29 is 14.1 Å². The summed E-state index contributed by atoms with van der Waals surface area (Å²) in [7, 11) is 0. The average Bonchev–Trinajstić information content (AvgIpc) is 3.12. The lowest BCUT2D eigenvalue weighted by Gasteiger charge is -2.14. The van der Waals surface area contributed by atoms with Crippen LogP contribution in [0.25, 0.3) is 11.4 Å². The van der Waals surface area contributed by atoms with Crippen LogP contribution in [-0.4, -0.2) is 16.1 Å². The van der Waals surface area contributed by atoms with Gasteiger partial charge in [0.15, 0.2) is 0 Å². The molecule has 0 saturated carbocycles. The Kier molecular flexibility index (Phi) is 6.15. The molecule has 6 heteroatoms. The van der Waals surface area contributed by atoms with Crippen molar-refractivity contribution in [3.63, 3.8) is 0 Å². The van der Waals surface area contributed by atoms with Crippen LogP contribution in [0.15, 0.2) is 40.9 Å². The molecular formula is C22H23ClN2O3. The first-order chi connectivity index (χ1) is 13.3. The summed E-state index contributed by atoms with van der Waals surface area (Å²) in [6.07, 6.45) is 0.468. The van der Waals surface area contributed by atoms with Gasteiger partial charge < -0.3 is 9.26 Å². The number of hydrogen-bond donors (Lipinski definition) is 0. The van der Waals surface area contributed by atoms with Crippen LogP contribution < -0.4 is 4.74 Å². The highest BCUT2D eigenvalue weighted by molar-refractivity contribution is 6.31. The number of carbonyl (C=O) groups excluding carboxylic acids is 1. The van der Waals surface area contributed by atoms with Crippen molar-refractivity contribution in [2.75, 3.05) is 0 Å². The molecular weight excluding hydrogens is 376 g/mol. The fraction of sp³-hybridized carbons (Fsp3) is 0.318. The van der Waals surface area contributed by atoms with E-state index in [0.29, 0.717) is 28.9 Å². The molecule has 0 atom stereocenters. The molecule has 0 aliphatic rings. The molecule has 0 fully saturated rings. The summed E-state index contributed by atoms with van der Waals surface area (Å²) in [6, 6.07) is 11.5. The highest BCUT2D eigenvalue weighted by atomic mass is 35.5. The van der Waals surface area contributed by atoms with Crippen molar-refractivity contribution in [1.82, 2.24) is 10.1 Å². The van der Waals surface area contributed by atoms with Gasteiger partial charge in [-0.05, 0) is 43.0 Å². The molecule has 28 heavy (non-hydrogen) atoms. The van der Waals surface area contributed by atoms with Gasteiger partial charge in [-0.2, -0.15) is 4.98 Å². The SMILES string of the molecule is Cc1ccc(-c2noc(CCC(=O)Oc3cc(C)c(Cl)cc3C(C)C)n2)cc1. The maximum absolute atomic E-state index is 12.3. The lowest BCUT2D eigenvalue weighted by Crippen LogP contribution is -2.11. The minimum Gasteiger partial charge on any atom is -0.426 e. The van der Waals surface area contributed by atoms with Crippen molar-refractivity contribution in [2.45, 2.75) is 46.5 Å². The number of nitrogens with zero attached hydrogens (tertiary/aromatic N) is 2. The van der Waals surface area contributed by atoms with Crippen molar-refractivity contribution in [1.29, 1.82) is 0 Å². The summed E-state index contributed by atoms with van der Waals surface area (Å²) in [5.41, 5.74) is 3.81. The van der Waals surface area contributed by atoms with Gasteiger partial charge in [-0.15, -0.1) is 0 Å². The van der Waals surface area contributed by atoms with E-state index in [2.05, 4.69) is 10.1 Å². The number of aryl methyl sites for hydroxylation is 3. The Morgan fingerprint density at radius 3 is 2.57 bits per heavy atom. The van der Waals surface area contributed by atoms with Crippen molar-refractivity contribution in [3.05, 3.63) is 64.0 Å². The van der Waals surface area contributed by atoms with Crippen LogP contribution in [0.1, 0.15) is 48.8 Å². The second-order valence-corrected chi connectivity index (χ2v) is 7.55. The van der Waals surface area contributed by atoms with Crippen LogP contribution in [0.4, 0.5) is 0 Å². The second-order valence-electron chi connectivity index (χ2n) is 7.15. The van der Waals surface area contributed by atoms with Gasteiger partial charge in [0.1, 0.15) is 5.75 Å². The molecule has 146 valence electrons. The summed E-state index contributed by atoms with van der Waals surface area (Å²) in [5, 5.41) is 4.65. The van der Waals surface area contributed by atoms with E-state index in [1.54, 1.807) is 6.07 Å². The van der Waals surface area contributed by atoms with Crippen molar-refractivity contribution in [3.8, 4) is 17.1 Å². The minimum atomic E-state index is -0.348. The van der Waals surface area contributed by atoms with Crippen LogP contribution in [-0.2, 0) is 11.2 Å². The highest BCUT2D eigenvalue weighted by Crippen LogP contribution is 2.32. The first-order valence-corrected chi connectivity index (χ1v) is 9.61. The van der Waals surface area contributed by atoms with E-state index in [4.69, 9.17) is 20.9 Å². The molecule has 0 amide bonds. The third kappa shape index (κ3) is 4.78. The Hall–Kier alpha value is -2.66. The fourth-order valence-corrected chi connectivity index (χ4v) is 2.94. The Balaban J connectivity index is 1.64. The summed E-state index contributed by atoms with van der Waals surface area (Å²) < 4.78 is 10.8. The van der Waals surface area contributed by atoms with Crippen molar-refractivity contribution in [2.24, 2.45) is 0 Å². The van der Waals surface area contributed by atoms with Gasteiger partial charge in [-0.3, -0.25) is 4.79 Å². The monoisotopic (exact) mass is 398 g/mol. The number of carbonyl (C=O) groups is 1. The van der Waals surface area contributed by atoms with Gasteiger partial charge >= 0.3 is 5.97 Å². The highest BCUT2D eigenvalue weighted by Gasteiger charge is 2.16. The molecule has 0 bridgehead atoms. The summed E-state index contributed by atoms with van der Waals surface area (Å²) in [4.78, 5) is 16.7. The zero-order valence-electron chi connectivity index (χ0n) is 16.5. The predicted octanol–water partition coefficient (Wildman–Crippen LogP) is 5.67. The zero-order chi connectivity index (χ0) is 20.3. The summed E-state index contributed by atoms with van der Waals surface area (Å²) in [5.74, 6) is 1.31. The summed E-state index contributed by atoms with van der Waals surface area (Å²) >= 11 is 6.20. The van der Waals surface area contributed by atoms with E-state index in [9.17, 15) is 4.79 Å². The van der Waals surface area contributed by atoms with Gasteiger partial charge in [0.25, 0.3) is 0 Å². The third-order valence-electron chi connectivity index (χ3n) is 4.46. The number of rotatable bonds is 6. The standard InChI is InChI=1S/C22H23ClN2O3/c1-13(2)17-12-18(23)15(4)11-19(17)27-21(26)10-9-20-24-22(25-28-20)16-7-5-14(3)6-8-16/h5-8,11-13H,9-10H2,1-4H3. The molecule has 0 saturated heterocycles. The smallest absolute Gasteiger partial charge is 0.311 e. The molecule has 2 aromatic carbocycles. The van der Waals surface area contributed by atoms with E-state index in [1.165, 1.54) is 0 Å². The van der Waals surface area contributed by atoms with Crippen LogP contribution in [0.5, 0.6) is 5.75 Å². The van der Waals surface area contributed by atoms with E-state index in [1.807, 2.05) is 58.0 Å². The van der Waals surface area contributed by atoms with Gasteiger partial charge in [0, 0.05) is 17.0 Å². The lowest BCUT2D eigenvalue weighted by atomic mass is 10.0. The first kappa shape index (κ1) is 20.1. The number of hydrogen-bond acceptors (Lipinski definition) is 5. The molecule has 1 heterocycles. The molecule has 0 N–H and O–H groups in total. The lowest BCUT2D eigenvalue weighted by molar-refractivity contribution is -0.134. The normalized spacial score (nSPS) is 11.1. The van der Waals surface area contributed by atoms with Crippen LogP contribution >= 0.6 is 11.6 Å². The quantitative estimate of drug-likeness (QED) is 0.395. The maximum Gasteiger partial charge on any atom is 0.311 e. The number of esters is 1. The molecule has 3 aromatic rings. The Bertz CT molecular complexity index is 978. The molecule has 1 aromatic heterocycles. The molecule has 0 radical (unpaired) electrons. The third-order valence-corrected chi connectivity index (χ3v) is 4.86. The molecule has 0 unspecified atom stereocenters. The Morgan fingerprint density at radius 1 is 1.18 bits per heavy atom. The molecule has 0 aliphatic heterocycles. The van der Waals surface area contributed by atoms with E-state index < -0.39 is 0 Å². The summed E-state index contributed by atoms with van der Waals surface area (Å²) in [6.45, 7) is 7.96. The molecule has 3 rings (SSSR count). The van der Waals surface area contributed by atoms with Crippen LogP contribution in [0.2, 0.25) is 5.02 Å². The number of halogens is 1. The zero-order valence-corrected chi connectivity index (χ0v) is 17.2. The maximum atomic E-state index is 12.3. The average molecular weight is 399 g/mol. The van der Waals surface area contributed by atoms with Crippen LogP contribution in [0, 0.1) is 13.8 Å². The number of benzene rings is 2. The Morgan fingerprint density at radius 2 is 1.89 bits per heavy atom. The van der Waals surface area contributed by atoms with E-state index in [0.717, 1.165) is 22.3 Å².